The van der Waals surface area contributed by atoms with Crippen molar-refractivity contribution in [2.75, 3.05) is 20.4 Å². The number of rotatable bonds is 5. The maximum absolute atomic E-state index is 13.2. The second kappa shape index (κ2) is 9.82. The highest BCUT2D eigenvalue weighted by atomic mass is 127. The molecule has 0 unspecified atom stereocenters. The van der Waals surface area contributed by atoms with E-state index in [1.165, 1.54) is 6.07 Å². The first-order valence-corrected chi connectivity index (χ1v) is 8.30. The van der Waals surface area contributed by atoms with E-state index in [0.717, 1.165) is 29.0 Å². The molecule has 1 heterocycles. The Hall–Kier alpha value is -1.74. The molecule has 0 amide bonds. The van der Waals surface area contributed by atoms with Crippen LogP contribution in [-0.4, -0.2) is 26.3 Å². The van der Waals surface area contributed by atoms with E-state index in [2.05, 4.69) is 15.6 Å². The van der Waals surface area contributed by atoms with Gasteiger partial charge in [-0.25, -0.2) is 4.39 Å². The monoisotopic (exact) mass is 491 g/mol. The molecule has 140 valence electrons. The molecule has 0 saturated carbocycles. The highest BCUT2D eigenvalue weighted by Gasteiger charge is 2.13. The van der Waals surface area contributed by atoms with Gasteiger partial charge in [-0.05, 0) is 41.8 Å². The van der Waals surface area contributed by atoms with Gasteiger partial charge in [-0.2, -0.15) is 0 Å². The molecule has 0 aliphatic carbocycles. The Bertz CT molecular complexity index is 789. The average molecular weight is 492 g/mol. The highest BCUT2D eigenvalue weighted by Crippen LogP contribution is 2.32. The fourth-order valence-corrected chi connectivity index (χ4v) is 2.68. The number of fused-ring (bicyclic) bond motifs is 1. The van der Waals surface area contributed by atoms with E-state index in [4.69, 9.17) is 21.1 Å². The van der Waals surface area contributed by atoms with Gasteiger partial charge in [0.15, 0.2) is 17.5 Å². The van der Waals surface area contributed by atoms with E-state index in [1.807, 2.05) is 18.2 Å². The molecule has 2 aromatic rings. The Kier molecular flexibility index (Phi) is 7.77. The molecule has 0 spiro atoms. The van der Waals surface area contributed by atoms with Crippen molar-refractivity contribution in [2.45, 2.75) is 13.0 Å². The van der Waals surface area contributed by atoms with Crippen molar-refractivity contribution in [3.05, 3.63) is 58.4 Å². The standard InChI is InChI=1S/C18H19ClFN3O2.HI/c1-21-18(23-10-13-2-4-15(20)14(19)8-13)22-7-6-12-3-5-16-17(9-12)25-11-24-16;/h2-5,8-9H,6-7,10-11H2,1H3,(H2,21,22,23);1H. The van der Waals surface area contributed by atoms with E-state index >= 15 is 0 Å². The highest BCUT2D eigenvalue weighted by molar-refractivity contribution is 14.0. The summed E-state index contributed by atoms with van der Waals surface area (Å²) >= 11 is 5.79. The van der Waals surface area contributed by atoms with Gasteiger partial charge in [-0.3, -0.25) is 4.99 Å². The van der Waals surface area contributed by atoms with Gasteiger partial charge in [0.2, 0.25) is 6.79 Å². The van der Waals surface area contributed by atoms with Crippen LogP contribution in [0.25, 0.3) is 0 Å². The van der Waals surface area contributed by atoms with E-state index in [1.54, 1.807) is 19.2 Å². The van der Waals surface area contributed by atoms with Crippen molar-refractivity contribution in [1.82, 2.24) is 10.6 Å². The van der Waals surface area contributed by atoms with Gasteiger partial charge in [0.25, 0.3) is 0 Å². The molecule has 0 radical (unpaired) electrons. The van der Waals surface area contributed by atoms with Crippen molar-refractivity contribution in [1.29, 1.82) is 0 Å². The van der Waals surface area contributed by atoms with Gasteiger partial charge in [-0.15, -0.1) is 24.0 Å². The van der Waals surface area contributed by atoms with Gasteiger partial charge in [-0.1, -0.05) is 23.7 Å². The molecule has 0 fully saturated rings. The zero-order valence-corrected chi connectivity index (χ0v) is 17.3. The number of hydrogen-bond donors (Lipinski definition) is 2. The van der Waals surface area contributed by atoms with Gasteiger partial charge in [0, 0.05) is 20.1 Å². The quantitative estimate of drug-likeness (QED) is 0.380. The van der Waals surface area contributed by atoms with Crippen LogP contribution in [-0.2, 0) is 13.0 Å². The third-order valence-electron chi connectivity index (χ3n) is 3.81. The number of nitrogens with one attached hydrogen (secondary N) is 2. The lowest BCUT2D eigenvalue weighted by Gasteiger charge is -2.12. The smallest absolute Gasteiger partial charge is 0.231 e. The van der Waals surface area contributed by atoms with Crippen LogP contribution in [0.1, 0.15) is 11.1 Å². The summed E-state index contributed by atoms with van der Waals surface area (Å²) in [5, 5.41) is 6.53. The summed E-state index contributed by atoms with van der Waals surface area (Å²) < 4.78 is 23.8. The third-order valence-corrected chi connectivity index (χ3v) is 4.10. The summed E-state index contributed by atoms with van der Waals surface area (Å²) in [4.78, 5) is 4.17. The first-order chi connectivity index (χ1) is 12.2. The fourth-order valence-electron chi connectivity index (χ4n) is 2.48. The predicted molar refractivity (Wildman–Crippen MR) is 111 cm³/mol. The minimum absolute atomic E-state index is 0. The summed E-state index contributed by atoms with van der Waals surface area (Å²) in [6.45, 7) is 1.49. The molecule has 3 rings (SSSR count). The molecule has 2 aromatic carbocycles. The van der Waals surface area contributed by atoms with Gasteiger partial charge in [0.05, 0.1) is 5.02 Å². The Morgan fingerprint density at radius 3 is 2.65 bits per heavy atom. The Labute approximate surface area is 174 Å². The van der Waals surface area contributed by atoms with Crippen molar-refractivity contribution in [2.24, 2.45) is 4.99 Å². The zero-order chi connectivity index (χ0) is 17.6. The molecule has 0 aromatic heterocycles. The number of nitrogens with zero attached hydrogens (tertiary/aromatic N) is 1. The van der Waals surface area contributed by atoms with Gasteiger partial charge >= 0.3 is 0 Å². The molecule has 26 heavy (non-hydrogen) atoms. The topological polar surface area (TPSA) is 54.9 Å². The van der Waals surface area contributed by atoms with Crippen LogP contribution >= 0.6 is 35.6 Å². The SMILES string of the molecule is CN=C(NCCc1ccc2c(c1)OCO2)NCc1ccc(F)c(Cl)c1.I. The second-order valence-corrected chi connectivity index (χ2v) is 5.95. The molecule has 0 saturated heterocycles. The van der Waals surface area contributed by atoms with Crippen LogP contribution < -0.4 is 20.1 Å². The van der Waals surface area contributed by atoms with Crippen LogP contribution in [0.4, 0.5) is 4.39 Å². The fraction of sp³-hybridized carbons (Fsp3) is 0.278. The molecule has 2 N–H and O–H groups in total. The molecule has 0 bridgehead atoms. The van der Waals surface area contributed by atoms with Crippen LogP contribution in [0.2, 0.25) is 5.02 Å². The predicted octanol–water partition coefficient (Wildman–Crippen LogP) is 3.73. The number of aliphatic imine (C=N–C) groups is 1. The first-order valence-electron chi connectivity index (χ1n) is 7.92. The van der Waals surface area contributed by atoms with Gasteiger partial charge < -0.3 is 20.1 Å². The number of halogens is 3. The Morgan fingerprint density at radius 2 is 1.88 bits per heavy atom. The lowest BCUT2D eigenvalue weighted by atomic mass is 10.1. The average Bonchev–Trinajstić information content (AvgIpc) is 3.08. The van der Waals surface area contributed by atoms with Crippen molar-refractivity contribution >= 4 is 41.5 Å². The summed E-state index contributed by atoms with van der Waals surface area (Å²) in [7, 11) is 1.70. The minimum Gasteiger partial charge on any atom is -0.454 e. The van der Waals surface area contributed by atoms with Gasteiger partial charge in [0.1, 0.15) is 5.82 Å². The van der Waals surface area contributed by atoms with Crippen LogP contribution in [0.5, 0.6) is 11.5 Å². The Morgan fingerprint density at radius 1 is 1.12 bits per heavy atom. The number of guanidine groups is 1. The molecule has 1 aliphatic heterocycles. The minimum atomic E-state index is -0.420. The van der Waals surface area contributed by atoms with Crippen molar-refractivity contribution in [3.8, 4) is 11.5 Å². The first kappa shape index (κ1) is 20.6. The lowest BCUT2D eigenvalue weighted by Crippen LogP contribution is -2.37. The second-order valence-electron chi connectivity index (χ2n) is 5.54. The van der Waals surface area contributed by atoms with Crippen LogP contribution in [0, 0.1) is 5.82 Å². The molecule has 8 heteroatoms. The summed E-state index contributed by atoms with van der Waals surface area (Å²) in [5.74, 6) is 1.82. The summed E-state index contributed by atoms with van der Waals surface area (Å²) in [5.41, 5.74) is 2.03. The third kappa shape index (κ3) is 5.38. The van der Waals surface area contributed by atoms with E-state index in [9.17, 15) is 4.39 Å². The largest absolute Gasteiger partial charge is 0.454 e. The molecule has 5 nitrogen and oxygen atoms in total. The number of benzene rings is 2. The summed E-state index contributed by atoms with van der Waals surface area (Å²) in [6, 6.07) is 10.6. The molecular formula is C18H20ClFIN3O2. The lowest BCUT2D eigenvalue weighted by molar-refractivity contribution is 0.174. The van der Waals surface area contributed by atoms with Crippen LogP contribution in [0.3, 0.4) is 0 Å². The zero-order valence-electron chi connectivity index (χ0n) is 14.2. The normalized spacial score (nSPS) is 12.5. The molecule has 0 atom stereocenters. The van der Waals surface area contributed by atoms with E-state index in [-0.39, 0.29) is 35.8 Å². The number of ether oxygens (including phenoxy) is 2. The maximum atomic E-state index is 13.2. The van der Waals surface area contributed by atoms with E-state index < -0.39 is 5.82 Å². The van der Waals surface area contributed by atoms with Crippen molar-refractivity contribution in [3.63, 3.8) is 0 Å². The molecular weight excluding hydrogens is 472 g/mol. The van der Waals surface area contributed by atoms with Crippen LogP contribution in [0.15, 0.2) is 41.4 Å². The maximum Gasteiger partial charge on any atom is 0.231 e. The van der Waals surface area contributed by atoms with E-state index in [0.29, 0.717) is 19.0 Å². The van der Waals surface area contributed by atoms with Crippen molar-refractivity contribution < 1.29 is 13.9 Å². The number of hydrogen-bond acceptors (Lipinski definition) is 3. The summed E-state index contributed by atoms with van der Waals surface area (Å²) in [6.07, 6.45) is 0.819. The molecule has 1 aliphatic rings. The Balaban J connectivity index is 0.00000243.